The lowest BCUT2D eigenvalue weighted by Gasteiger charge is -2.30. The molecule has 0 bridgehead atoms. The summed E-state index contributed by atoms with van der Waals surface area (Å²) in [6.45, 7) is 4.63. The standard InChI is InChI=1S/C58H111N2O6P/c1-6-8-10-12-14-16-18-20-22-24-26-28-29-30-32-33-35-37-39-41-43-45-47-49-51-57(61)56(55-66-67(63,64)65-54-53-60(3,4)5)59-58(62)52-50-48-46-44-42-40-38-36-34-31-27-25-23-21-19-17-15-13-11-9-7-2/h9,11,15,17,21,23,27,31,56-57,61H,6-8,10,12-14,16,18-20,22,24-26,28-30,32-55H2,1-5H3,(H-,59,62,63,64)/b11-9-,17-15-,23-21-,31-27-. The number of rotatable bonds is 52. The summed E-state index contributed by atoms with van der Waals surface area (Å²) < 4.78 is 23.4. The molecule has 2 N–H and O–H groups in total. The third-order valence-corrected chi connectivity index (χ3v) is 13.8. The number of unbranched alkanes of at least 4 members (excludes halogenated alkanes) is 31. The summed E-state index contributed by atoms with van der Waals surface area (Å²) in [6.07, 6.45) is 64.2. The van der Waals surface area contributed by atoms with Crippen LogP contribution in [0, 0.1) is 0 Å². The first kappa shape index (κ1) is 65.5. The van der Waals surface area contributed by atoms with Crippen molar-refractivity contribution in [1.29, 1.82) is 0 Å². The zero-order valence-corrected chi connectivity index (χ0v) is 45.7. The highest BCUT2D eigenvalue weighted by Crippen LogP contribution is 2.38. The zero-order chi connectivity index (χ0) is 49.2. The lowest BCUT2D eigenvalue weighted by atomic mass is 10.0. The van der Waals surface area contributed by atoms with Crippen molar-refractivity contribution in [2.45, 2.75) is 276 Å². The molecule has 67 heavy (non-hydrogen) atoms. The maximum atomic E-state index is 13.0. The fraction of sp³-hybridized carbons (Fsp3) is 0.845. The molecule has 394 valence electrons. The number of likely N-dealkylation sites (N-methyl/N-ethyl adjacent to an activating group) is 1. The van der Waals surface area contributed by atoms with Crippen molar-refractivity contribution < 1.29 is 32.9 Å². The van der Waals surface area contributed by atoms with Gasteiger partial charge in [0, 0.05) is 6.42 Å². The number of allylic oxidation sites excluding steroid dienone is 8. The first-order chi connectivity index (χ1) is 32.5. The van der Waals surface area contributed by atoms with E-state index in [0.717, 1.165) is 70.6 Å². The van der Waals surface area contributed by atoms with Crippen molar-refractivity contribution >= 4 is 13.7 Å². The van der Waals surface area contributed by atoms with Crippen LogP contribution in [0.15, 0.2) is 48.6 Å². The van der Waals surface area contributed by atoms with Gasteiger partial charge in [-0.15, -0.1) is 0 Å². The topological polar surface area (TPSA) is 108 Å². The first-order valence-corrected chi connectivity index (χ1v) is 29.9. The smallest absolute Gasteiger partial charge is 0.268 e. The van der Waals surface area contributed by atoms with E-state index in [-0.39, 0.29) is 19.1 Å². The number of amides is 1. The van der Waals surface area contributed by atoms with E-state index in [4.69, 9.17) is 9.05 Å². The van der Waals surface area contributed by atoms with Crippen molar-refractivity contribution in [2.75, 3.05) is 40.9 Å². The monoisotopic (exact) mass is 963 g/mol. The van der Waals surface area contributed by atoms with Gasteiger partial charge in [-0.1, -0.05) is 255 Å². The maximum Gasteiger partial charge on any atom is 0.268 e. The highest BCUT2D eigenvalue weighted by Gasteiger charge is 2.24. The van der Waals surface area contributed by atoms with E-state index in [1.165, 1.54) is 167 Å². The minimum absolute atomic E-state index is 0.00935. The van der Waals surface area contributed by atoms with Gasteiger partial charge in [0.05, 0.1) is 39.9 Å². The second kappa shape index (κ2) is 49.4. The van der Waals surface area contributed by atoms with Gasteiger partial charge in [0.25, 0.3) is 7.82 Å². The Labute approximate surface area is 416 Å². The van der Waals surface area contributed by atoms with Crippen molar-refractivity contribution in [1.82, 2.24) is 5.32 Å². The van der Waals surface area contributed by atoms with Crippen LogP contribution in [0.5, 0.6) is 0 Å². The number of carbonyl (C=O) groups is 1. The third kappa shape index (κ3) is 52.1. The molecule has 0 aromatic rings. The van der Waals surface area contributed by atoms with Gasteiger partial charge in [0.2, 0.25) is 5.91 Å². The lowest BCUT2D eigenvalue weighted by Crippen LogP contribution is -2.46. The number of aliphatic hydroxyl groups is 1. The quantitative estimate of drug-likeness (QED) is 0.0272. The molecule has 0 saturated heterocycles. The Hall–Kier alpha value is -1.54. The van der Waals surface area contributed by atoms with Crippen LogP contribution in [0.4, 0.5) is 0 Å². The molecule has 0 spiro atoms. The molecule has 8 nitrogen and oxygen atoms in total. The number of hydrogen-bond acceptors (Lipinski definition) is 6. The third-order valence-electron chi connectivity index (χ3n) is 12.8. The van der Waals surface area contributed by atoms with Crippen LogP contribution in [-0.4, -0.2) is 68.5 Å². The summed E-state index contributed by atoms with van der Waals surface area (Å²) >= 11 is 0. The average Bonchev–Trinajstić information content (AvgIpc) is 3.29. The van der Waals surface area contributed by atoms with Crippen LogP contribution in [0.2, 0.25) is 0 Å². The van der Waals surface area contributed by atoms with Crippen LogP contribution < -0.4 is 10.2 Å². The van der Waals surface area contributed by atoms with Gasteiger partial charge in [-0.2, -0.15) is 0 Å². The minimum Gasteiger partial charge on any atom is -0.756 e. The predicted molar refractivity (Wildman–Crippen MR) is 288 cm³/mol. The number of aliphatic hydroxyl groups excluding tert-OH is 1. The van der Waals surface area contributed by atoms with E-state index in [2.05, 4.69) is 67.8 Å². The van der Waals surface area contributed by atoms with Gasteiger partial charge in [-0.3, -0.25) is 9.36 Å². The number of phosphoric acid groups is 1. The average molecular weight is 964 g/mol. The van der Waals surface area contributed by atoms with E-state index >= 15 is 0 Å². The Morgan fingerprint density at radius 3 is 1.33 bits per heavy atom. The normalized spacial score (nSPS) is 14.3. The largest absolute Gasteiger partial charge is 0.756 e. The van der Waals surface area contributed by atoms with Crippen molar-refractivity contribution in [2.24, 2.45) is 0 Å². The lowest BCUT2D eigenvalue weighted by molar-refractivity contribution is -0.870. The molecular formula is C58H111N2O6P. The number of quaternary nitrogens is 1. The van der Waals surface area contributed by atoms with Gasteiger partial charge in [0.15, 0.2) is 0 Å². The summed E-state index contributed by atoms with van der Waals surface area (Å²) in [6, 6.07) is -0.807. The number of phosphoric ester groups is 1. The Morgan fingerprint density at radius 1 is 0.537 bits per heavy atom. The molecule has 0 radical (unpaired) electrons. The number of nitrogens with one attached hydrogen (secondary N) is 1. The van der Waals surface area contributed by atoms with E-state index in [1.54, 1.807) is 0 Å². The van der Waals surface area contributed by atoms with E-state index in [9.17, 15) is 19.4 Å². The molecule has 3 unspecified atom stereocenters. The molecule has 0 aliphatic heterocycles. The highest BCUT2D eigenvalue weighted by molar-refractivity contribution is 7.45. The van der Waals surface area contributed by atoms with E-state index in [0.29, 0.717) is 23.9 Å². The number of hydrogen-bond donors (Lipinski definition) is 2. The van der Waals surface area contributed by atoms with Gasteiger partial charge in [0.1, 0.15) is 13.2 Å². The Balaban J connectivity index is 4.19. The van der Waals surface area contributed by atoms with Crippen molar-refractivity contribution in [3.63, 3.8) is 0 Å². The number of nitrogens with zero attached hydrogens (tertiary/aromatic N) is 1. The van der Waals surface area contributed by atoms with Crippen LogP contribution in [0.25, 0.3) is 0 Å². The summed E-state index contributed by atoms with van der Waals surface area (Å²) in [7, 11) is 1.30. The minimum atomic E-state index is -4.58. The summed E-state index contributed by atoms with van der Waals surface area (Å²) in [4.78, 5) is 25.5. The van der Waals surface area contributed by atoms with Crippen LogP contribution >= 0.6 is 7.82 Å². The molecule has 0 aromatic carbocycles. The van der Waals surface area contributed by atoms with E-state index in [1.807, 2.05) is 21.1 Å². The first-order valence-electron chi connectivity index (χ1n) is 28.5. The molecule has 0 saturated carbocycles. The molecule has 9 heteroatoms. The molecule has 0 aliphatic carbocycles. The van der Waals surface area contributed by atoms with Crippen LogP contribution in [0.1, 0.15) is 264 Å². The second-order valence-corrected chi connectivity index (χ2v) is 22.0. The molecular weight excluding hydrogens is 852 g/mol. The maximum absolute atomic E-state index is 13.0. The summed E-state index contributed by atoms with van der Waals surface area (Å²) in [5.41, 5.74) is 0. The SMILES string of the molecule is CC/C=C\C/C=C\C/C=C\C/C=C\CCCCCCCCCCC(=O)NC(COP(=O)([O-])OCC[N+](C)(C)C)C(O)CCCCCCCCCCCCCCCCCCCCCCCCCC. The summed E-state index contributed by atoms with van der Waals surface area (Å²) in [5, 5.41) is 14.0. The van der Waals surface area contributed by atoms with Gasteiger partial charge in [-0.05, 0) is 51.4 Å². The zero-order valence-electron chi connectivity index (χ0n) is 44.9. The predicted octanol–water partition coefficient (Wildman–Crippen LogP) is 16.5. The van der Waals surface area contributed by atoms with Crippen LogP contribution in [0.3, 0.4) is 0 Å². The van der Waals surface area contributed by atoms with Crippen LogP contribution in [-0.2, 0) is 18.4 Å². The molecule has 3 atom stereocenters. The van der Waals surface area contributed by atoms with Crippen molar-refractivity contribution in [3.05, 3.63) is 48.6 Å². The fourth-order valence-corrected chi connectivity index (χ4v) is 9.11. The van der Waals surface area contributed by atoms with Crippen molar-refractivity contribution in [3.8, 4) is 0 Å². The Kier molecular flexibility index (Phi) is 48.3. The Morgan fingerprint density at radius 2 is 0.910 bits per heavy atom. The molecule has 0 aromatic heterocycles. The van der Waals surface area contributed by atoms with Gasteiger partial charge < -0.3 is 28.8 Å². The summed E-state index contributed by atoms with van der Waals surface area (Å²) in [5.74, 6) is -0.172. The highest BCUT2D eigenvalue weighted by atomic mass is 31.2. The molecule has 0 fully saturated rings. The fourth-order valence-electron chi connectivity index (χ4n) is 8.39. The molecule has 1 amide bonds. The van der Waals surface area contributed by atoms with E-state index < -0.39 is 20.0 Å². The molecule has 0 heterocycles. The molecule has 0 aliphatic rings. The molecule has 0 rings (SSSR count). The number of carbonyl (C=O) groups excluding carboxylic acids is 1. The van der Waals surface area contributed by atoms with Gasteiger partial charge >= 0.3 is 0 Å². The second-order valence-electron chi connectivity index (χ2n) is 20.6. The Bertz CT molecular complexity index is 1230. The van der Waals surface area contributed by atoms with Gasteiger partial charge in [-0.25, -0.2) is 0 Å².